The molecule has 9 heteroatoms. The molecule has 0 unspecified atom stereocenters. The number of carbonyl (C=O) groups excluding carboxylic acids is 3. The monoisotopic (exact) mass is 397 g/mol. The molecule has 1 fully saturated rings. The lowest BCUT2D eigenvalue weighted by Gasteiger charge is -2.34. The molecule has 1 aliphatic rings. The number of ether oxygens (including phenoxy) is 2. The van der Waals surface area contributed by atoms with Gasteiger partial charge in [-0.3, -0.25) is 14.5 Å². The number of nitrogens with one attached hydrogen (secondary N) is 1. The van der Waals surface area contributed by atoms with Crippen molar-refractivity contribution < 1.29 is 23.9 Å². The summed E-state index contributed by atoms with van der Waals surface area (Å²) in [6.07, 6.45) is 0.112. The largest absolute Gasteiger partial charge is 0.465 e. The quantitative estimate of drug-likeness (QED) is 0.759. The first-order valence-corrected chi connectivity index (χ1v) is 9.56. The highest BCUT2D eigenvalue weighted by molar-refractivity contribution is 7.18. The molecule has 1 saturated heterocycles. The summed E-state index contributed by atoms with van der Waals surface area (Å²) in [6, 6.07) is 0. The molecule has 2 amide bonds. The Morgan fingerprint density at radius 3 is 2.37 bits per heavy atom. The topological polar surface area (TPSA) is 88.2 Å². The summed E-state index contributed by atoms with van der Waals surface area (Å²) in [6.45, 7) is 7.13. The van der Waals surface area contributed by atoms with Gasteiger partial charge in [0.05, 0.1) is 36.3 Å². The number of thiophene rings is 1. The maximum absolute atomic E-state index is 12.5. The van der Waals surface area contributed by atoms with E-state index in [0.29, 0.717) is 28.5 Å². The van der Waals surface area contributed by atoms with Gasteiger partial charge in [0, 0.05) is 27.2 Å². The molecule has 0 radical (unpaired) electrons. The molecule has 8 nitrogen and oxygen atoms in total. The van der Waals surface area contributed by atoms with E-state index in [2.05, 4.69) is 5.32 Å². The van der Waals surface area contributed by atoms with E-state index in [9.17, 15) is 14.4 Å². The molecule has 150 valence electrons. The highest BCUT2D eigenvalue weighted by atomic mass is 32.1. The van der Waals surface area contributed by atoms with Gasteiger partial charge in [0.1, 0.15) is 5.00 Å². The summed E-state index contributed by atoms with van der Waals surface area (Å²) in [7, 11) is 4.55. The summed E-state index contributed by atoms with van der Waals surface area (Å²) >= 11 is 1.09. The van der Waals surface area contributed by atoms with E-state index in [1.54, 1.807) is 21.0 Å². The minimum atomic E-state index is -0.578. The van der Waals surface area contributed by atoms with E-state index in [1.807, 2.05) is 18.7 Å². The van der Waals surface area contributed by atoms with Gasteiger partial charge in [-0.1, -0.05) is 0 Å². The molecule has 2 heterocycles. The lowest BCUT2D eigenvalue weighted by molar-refractivity contribution is -0.121. The Bertz CT molecular complexity index is 721. The molecule has 1 N–H and O–H groups in total. The van der Waals surface area contributed by atoms with E-state index < -0.39 is 5.97 Å². The van der Waals surface area contributed by atoms with Gasteiger partial charge in [0.2, 0.25) is 5.91 Å². The summed E-state index contributed by atoms with van der Waals surface area (Å²) < 4.78 is 10.5. The third kappa shape index (κ3) is 5.06. The van der Waals surface area contributed by atoms with Crippen LogP contribution >= 0.6 is 11.3 Å². The summed E-state index contributed by atoms with van der Waals surface area (Å²) in [5.41, 5.74) is 0.735. The van der Waals surface area contributed by atoms with Crippen LogP contribution in [0.4, 0.5) is 5.00 Å². The number of hydrogen-bond acceptors (Lipinski definition) is 7. The third-order valence-electron chi connectivity index (χ3n) is 4.25. The molecule has 0 spiro atoms. The molecular weight excluding hydrogens is 370 g/mol. The van der Waals surface area contributed by atoms with Crippen molar-refractivity contribution in [1.29, 1.82) is 0 Å². The Balaban J connectivity index is 2.21. The number of rotatable bonds is 5. The van der Waals surface area contributed by atoms with Crippen molar-refractivity contribution in [2.24, 2.45) is 0 Å². The van der Waals surface area contributed by atoms with Crippen molar-refractivity contribution in [3.8, 4) is 0 Å². The molecule has 2 rings (SSSR count). The Morgan fingerprint density at radius 1 is 1.26 bits per heavy atom. The van der Waals surface area contributed by atoms with Crippen LogP contribution in [-0.4, -0.2) is 80.6 Å². The summed E-state index contributed by atoms with van der Waals surface area (Å²) in [4.78, 5) is 41.0. The zero-order valence-electron chi connectivity index (χ0n) is 16.6. The Hall–Kier alpha value is -1.97. The minimum absolute atomic E-state index is 0.0560. The summed E-state index contributed by atoms with van der Waals surface area (Å²) in [5, 5.41) is 3.12. The van der Waals surface area contributed by atoms with E-state index in [-0.39, 0.29) is 36.1 Å². The fraction of sp³-hybridized carbons (Fsp3) is 0.611. The van der Waals surface area contributed by atoms with Crippen LogP contribution < -0.4 is 5.32 Å². The molecule has 27 heavy (non-hydrogen) atoms. The standard InChI is InChI=1S/C18H27N3O5S/c1-10-7-21(8-11(2)26-10)9-13(22)19-16-14(18(24)25-6)12(3)15(27-16)17(23)20(4)5/h10-11H,7-9H2,1-6H3,(H,19,22)/t10-,11-/m0/s1. The number of esters is 1. The van der Waals surface area contributed by atoms with Crippen LogP contribution in [-0.2, 0) is 14.3 Å². The molecule has 0 saturated carbocycles. The van der Waals surface area contributed by atoms with Gasteiger partial charge >= 0.3 is 5.97 Å². The molecule has 2 atom stereocenters. The first kappa shape index (κ1) is 21.3. The molecule has 0 bridgehead atoms. The first-order chi connectivity index (χ1) is 12.6. The summed E-state index contributed by atoms with van der Waals surface area (Å²) in [5.74, 6) is -1.05. The second-order valence-corrected chi connectivity index (χ2v) is 7.97. The minimum Gasteiger partial charge on any atom is -0.465 e. The third-order valence-corrected chi connectivity index (χ3v) is 5.45. The second kappa shape index (κ2) is 8.81. The fourth-order valence-corrected chi connectivity index (χ4v) is 4.37. The van der Waals surface area contributed by atoms with Gasteiger partial charge in [-0.05, 0) is 26.3 Å². The molecular formula is C18H27N3O5S. The average Bonchev–Trinajstić information content (AvgIpc) is 2.88. The Morgan fingerprint density at radius 2 is 1.85 bits per heavy atom. The van der Waals surface area contributed by atoms with E-state index >= 15 is 0 Å². The van der Waals surface area contributed by atoms with E-state index in [0.717, 1.165) is 11.3 Å². The van der Waals surface area contributed by atoms with Gasteiger partial charge in [-0.15, -0.1) is 11.3 Å². The maximum Gasteiger partial charge on any atom is 0.341 e. The van der Waals surface area contributed by atoms with Gasteiger partial charge in [0.25, 0.3) is 5.91 Å². The van der Waals surface area contributed by atoms with E-state index in [1.165, 1.54) is 12.0 Å². The highest BCUT2D eigenvalue weighted by Gasteiger charge is 2.28. The lowest BCUT2D eigenvalue weighted by atomic mass is 10.1. The van der Waals surface area contributed by atoms with Gasteiger partial charge in [-0.25, -0.2) is 4.79 Å². The number of nitrogens with zero attached hydrogens (tertiary/aromatic N) is 2. The van der Waals surface area contributed by atoms with Crippen LogP contribution in [0.15, 0.2) is 0 Å². The van der Waals surface area contributed by atoms with Crippen molar-refractivity contribution in [3.05, 3.63) is 16.0 Å². The predicted molar refractivity (Wildman–Crippen MR) is 103 cm³/mol. The molecule has 0 aromatic carbocycles. The van der Waals surface area contributed by atoms with Crippen molar-refractivity contribution in [3.63, 3.8) is 0 Å². The highest BCUT2D eigenvalue weighted by Crippen LogP contribution is 2.34. The van der Waals surface area contributed by atoms with E-state index in [4.69, 9.17) is 9.47 Å². The number of carbonyl (C=O) groups is 3. The average molecular weight is 397 g/mol. The zero-order valence-corrected chi connectivity index (χ0v) is 17.4. The maximum atomic E-state index is 12.5. The number of hydrogen-bond donors (Lipinski definition) is 1. The number of methoxy groups -OCH3 is 1. The van der Waals surface area contributed by atoms with Crippen LogP contribution in [0.3, 0.4) is 0 Å². The molecule has 1 aliphatic heterocycles. The fourth-order valence-electron chi connectivity index (χ4n) is 3.14. The lowest BCUT2D eigenvalue weighted by Crippen LogP contribution is -2.48. The SMILES string of the molecule is COC(=O)c1c(NC(=O)CN2C[C@H](C)O[C@@H](C)C2)sc(C(=O)N(C)C)c1C. The van der Waals surface area contributed by atoms with Crippen LogP contribution in [0.1, 0.15) is 39.4 Å². The van der Waals surface area contributed by atoms with Crippen LogP contribution in [0.25, 0.3) is 0 Å². The van der Waals surface area contributed by atoms with Crippen molar-refractivity contribution in [2.75, 3.05) is 46.2 Å². The van der Waals surface area contributed by atoms with Crippen LogP contribution in [0, 0.1) is 6.92 Å². The van der Waals surface area contributed by atoms with Crippen LogP contribution in [0.2, 0.25) is 0 Å². The Labute approximate surface area is 163 Å². The van der Waals surface area contributed by atoms with Gasteiger partial charge in [-0.2, -0.15) is 0 Å². The molecule has 1 aromatic heterocycles. The van der Waals surface area contributed by atoms with Crippen molar-refractivity contribution in [1.82, 2.24) is 9.80 Å². The normalized spacial score (nSPS) is 20.2. The van der Waals surface area contributed by atoms with Crippen LogP contribution in [0.5, 0.6) is 0 Å². The number of morpholine rings is 1. The first-order valence-electron chi connectivity index (χ1n) is 8.75. The molecule has 1 aromatic rings. The van der Waals surface area contributed by atoms with Crippen molar-refractivity contribution in [2.45, 2.75) is 33.0 Å². The number of amides is 2. The smallest absolute Gasteiger partial charge is 0.341 e. The van der Waals surface area contributed by atoms with Gasteiger partial charge in [0.15, 0.2) is 0 Å². The van der Waals surface area contributed by atoms with Gasteiger partial charge < -0.3 is 19.7 Å². The number of anilines is 1. The van der Waals surface area contributed by atoms with Crippen molar-refractivity contribution >= 4 is 34.1 Å². The Kier molecular flexibility index (Phi) is 6.96. The zero-order chi connectivity index (χ0) is 20.3. The predicted octanol–water partition coefficient (Wildman–Crippen LogP) is 1.59. The second-order valence-electron chi connectivity index (χ2n) is 6.95. The molecule has 0 aliphatic carbocycles.